The number of nitrogens with one attached hydrogen (secondary N) is 1. The lowest BCUT2D eigenvalue weighted by atomic mass is 10.0. The van der Waals surface area contributed by atoms with Gasteiger partial charge in [-0.25, -0.2) is 0 Å². The van der Waals surface area contributed by atoms with Gasteiger partial charge in [-0.3, -0.25) is 4.90 Å². The van der Waals surface area contributed by atoms with Crippen molar-refractivity contribution in [3.05, 3.63) is 35.4 Å². The van der Waals surface area contributed by atoms with Crippen LogP contribution in [0.4, 0.5) is 0 Å². The maximum absolute atomic E-state index is 3.60. The van der Waals surface area contributed by atoms with Crippen LogP contribution in [0.5, 0.6) is 0 Å². The molecule has 1 N–H and O–H groups in total. The molecule has 2 nitrogen and oxygen atoms in total. The second-order valence-electron chi connectivity index (χ2n) is 6.77. The van der Waals surface area contributed by atoms with Crippen molar-refractivity contribution < 1.29 is 0 Å². The van der Waals surface area contributed by atoms with Crippen LogP contribution in [0.15, 0.2) is 24.3 Å². The molecule has 1 aliphatic heterocycles. The highest BCUT2D eigenvalue weighted by Gasteiger charge is 2.19. The average Bonchev–Trinajstić information content (AvgIpc) is 2.39. The third-order valence-electron chi connectivity index (χ3n) is 3.81. The Bertz CT molecular complexity index is 425. The minimum absolute atomic E-state index is 0.169. The van der Waals surface area contributed by atoms with E-state index in [0.29, 0.717) is 6.04 Å². The summed E-state index contributed by atoms with van der Waals surface area (Å²) in [6, 6.07) is 9.56. The summed E-state index contributed by atoms with van der Waals surface area (Å²) >= 11 is 2.08. The molecule has 3 heteroatoms. The van der Waals surface area contributed by atoms with E-state index in [4.69, 9.17) is 0 Å². The summed E-state index contributed by atoms with van der Waals surface area (Å²) in [4.78, 5) is 2.62. The van der Waals surface area contributed by atoms with Gasteiger partial charge < -0.3 is 5.32 Å². The zero-order valence-corrected chi connectivity index (χ0v) is 14.1. The minimum Gasteiger partial charge on any atom is -0.308 e. The highest BCUT2D eigenvalue weighted by atomic mass is 32.2. The molecule has 0 spiro atoms. The van der Waals surface area contributed by atoms with Gasteiger partial charge in [-0.05, 0) is 38.8 Å². The second-order valence-corrected chi connectivity index (χ2v) is 7.92. The topological polar surface area (TPSA) is 15.3 Å². The minimum atomic E-state index is 0.169. The summed E-state index contributed by atoms with van der Waals surface area (Å²) in [7, 11) is 0. The van der Waals surface area contributed by atoms with Crippen LogP contribution in [-0.4, -0.2) is 34.5 Å². The van der Waals surface area contributed by atoms with Crippen molar-refractivity contribution in [3.63, 3.8) is 0 Å². The zero-order chi connectivity index (χ0) is 14.6. The van der Waals surface area contributed by atoms with Gasteiger partial charge in [0, 0.05) is 42.7 Å². The molecule has 112 valence electrons. The highest BCUT2D eigenvalue weighted by Crippen LogP contribution is 2.20. The van der Waals surface area contributed by atoms with Crippen LogP contribution >= 0.6 is 11.8 Å². The van der Waals surface area contributed by atoms with Gasteiger partial charge in [0.15, 0.2) is 0 Å². The van der Waals surface area contributed by atoms with Crippen LogP contribution in [0.25, 0.3) is 0 Å². The molecule has 0 amide bonds. The van der Waals surface area contributed by atoms with Crippen LogP contribution in [-0.2, 0) is 13.1 Å². The van der Waals surface area contributed by atoms with E-state index in [1.807, 2.05) is 0 Å². The Hall–Kier alpha value is -0.510. The van der Waals surface area contributed by atoms with Crippen molar-refractivity contribution in [1.82, 2.24) is 10.2 Å². The Morgan fingerprint density at radius 2 is 1.95 bits per heavy atom. The van der Waals surface area contributed by atoms with E-state index in [-0.39, 0.29) is 5.54 Å². The van der Waals surface area contributed by atoms with E-state index in [1.54, 1.807) is 0 Å². The first-order valence-electron chi connectivity index (χ1n) is 7.59. The largest absolute Gasteiger partial charge is 0.308 e. The molecule has 1 aromatic rings. The Kier molecular flexibility index (Phi) is 5.53. The Labute approximate surface area is 128 Å². The molecule has 0 bridgehead atoms. The van der Waals surface area contributed by atoms with Gasteiger partial charge >= 0.3 is 0 Å². The Balaban J connectivity index is 2.03. The van der Waals surface area contributed by atoms with Crippen molar-refractivity contribution in [2.45, 2.75) is 52.4 Å². The lowest BCUT2D eigenvalue weighted by Crippen LogP contribution is -2.40. The molecular formula is C17H28N2S. The summed E-state index contributed by atoms with van der Waals surface area (Å²) in [5.74, 6) is 2.54. The van der Waals surface area contributed by atoms with Gasteiger partial charge in [0.05, 0.1) is 0 Å². The van der Waals surface area contributed by atoms with Crippen LogP contribution in [0, 0.1) is 0 Å². The molecule has 1 unspecified atom stereocenters. The molecule has 0 aromatic heterocycles. The van der Waals surface area contributed by atoms with E-state index in [1.165, 1.54) is 29.2 Å². The highest BCUT2D eigenvalue weighted by molar-refractivity contribution is 7.99. The molecule has 1 heterocycles. The Morgan fingerprint density at radius 1 is 1.25 bits per heavy atom. The summed E-state index contributed by atoms with van der Waals surface area (Å²) < 4.78 is 0. The van der Waals surface area contributed by atoms with E-state index in [9.17, 15) is 0 Å². The molecule has 1 aliphatic rings. The average molecular weight is 292 g/mol. The molecule has 0 radical (unpaired) electrons. The van der Waals surface area contributed by atoms with Crippen LogP contribution in [0.2, 0.25) is 0 Å². The summed E-state index contributed by atoms with van der Waals surface area (Å²) in [6.07, 6.45) is 0. The van der Waals surface area contributed by atoms with Gasteiger partial charge in [-0.15, -0.1) is 0 Å². The smallest absolute Gasteiger partial charge is 0.0240 e. The molecule has 0 saturated carbocycles. The van der Waals surface area contributed by atoms with Crippen molar-refractivity contribution in [2.24, 2.45) is 0 Å². The number of hydrogen-bond donors (Lipinski definition) is 1. The van der Waals surface area contributed by atoms with Gasteiger partial charge in [0.2, 0.25) is 0 Å². The first-order chi connectivity index (χ1) is 9.46. The fraction of sp³-hybridized carbons (Fsp3) is 0.647. The van der Waals surface area contributed by atoms with Gasteiger partial charge in [-0.1, -0.05) is 24.3 Å². The first-order valence-corrected chi connectivity index (χ1v) is 8.75. The van der Waals surface area contributed by atoms with Crippen molar-refractivity contribution in [1.29, 1.82) is 0 Å². The normalized spacial score (nSPS) is 21.1. The second kappa shape index (κ2) is 6.97. The van der Waals surface area contributed by atoms with Gasteiger partial charge in [0.1, 0.15) is 0 Å². The molecule has 1 saturated heterocycles. The van der Waals surface area contributed by atoms with Crippen molar-refractivity contribution in [2.75, 3.05) is 18.1 Å². The van der Waals surface area contributed by atoms with E-state index in [2.05, 4.69) is 73.9 Å². The summed E-state index contributed by atoms with van der Waals surface area (Å²) in [5.41, 5.74) is 3.08. The number of rotatable bonds is 4. The molecular weight excluding hydrogens is 264 g/mol. The SMILES string of the molecule is CC1CSCCN1Cc1ccccc1CNC(C)(C)C. The lowest BCUT2D eigenvalue weighted by molar-refractivity contribution is 0.223. The molecule has 20 heavy (non-hydrogen) atoms. The quantitative estimate of drug-likeness (QED) is 0.914. The number of thioether (sulfide) groups is 1. The predicted octanol–water partition coefficient (Wildman–Crippen LogP) is 3.51. The fourth-order valence-electron chi connectivity index (χ4n) is 2.46. The zero-order valence-electron chi connectivity index (χ0n) is 13.3. The molecule has 1 atom stereocenters. The molecule has 2 rings (SSSR count). The lowest BCUT2D eigenvalue weighted by Gasteiger charge is -2.33. The van der Waals surface area contributed by atoms with Crippen LogP contribution in [0.3, 0.4) is 0 Å². The molecule has 1 aromatic carbocycles. The van der Waals surface area contributed by atoms with Gasteiger partial charge in [0.25, 0.3) is 0 Å². The van der Waals surface area contributed by atoms with Crippen molar-refractivity contribution in [3.8, 4) is 0 Å². The van der Waals surface area contributed by atoms with Gasteiger partial charge in [-0.2, -0.15) is 11.8 Å². The standard InChI is InChI=1S/C17H28N2S/c1-14-13-20-10-9-19(14)12-16-8-6-5-7-15(16)11-18-17(2,3)4/h5-8,14,18H,9-13H2,1-4H3. The maximum Gasteiger partial charge on any atom is 0.0240 e. The third kappa shape index (κ3) is 4.80. The van der Waals surface area contributed by atoms with Crippen LogP contribution < -0.4 is 5.32 Å². The molecule has 1 fully saturated rings. The molecule has 0 aliphatic carbocycles. The number of nitrogens with zero attached hydrogens (tertiary/aromatic N) is 1. The number of benzene rings is 1. The maximum atomic E-state index is 3.60. The first kappa shape index (κ1) is 15.9. The Morgan fingerprint density at radius 3 is 2.60 bits per heavy atom. The number of hydrogen-bond acceptors (Lipinski definition) is 3. The van der Waals surface area contributed by atoms with E-state index >= 15 is 0 Å². The van der Waals surface area contributed by atoms with E-state index < -0.39 is 0 Å². The fourth-order valence-corrected chi connectivity index (χ4v) is 3.54. The van der Waals surface area contributed by atoms with Crippen LogP contribution in [0.1, 0.15) is 38.8 Å². The van der Waals surface area contributed by atoms with Crippen molar-refractivity contribution >= 4 is 11.8 Å². The van der Waals surface area contributed by atoms with E-state index in [0.717, 1.165) is 13.1 Å². The predicted molar refractivity (Wildman–Crippen MR) is 90.2 cm³/mol. The third-order valence-corrected chi connectivity index (χ3v) is 5.00. The monoisotopic (exact) mass is 292 g/mol. The summed E-state index contributed by atoms with van der Waals surface area (Å²) in [5, 5.41) is 3.60. The summed E-state index contributed by atoms with van der Waals surface area (Å²) in [6.45, 7) is 12.3.